The Balaban J connectivity index is 2.55. The molecule has 2 rings (SSSR count). The number of halogens is 2. The molecule has 2 aromatic carbocycles. The number of hydrogen-bond donors (Lipinski definition) is 1. The number of benzene rings is 2. The molecule has 0 aliphatic carbocycles. The zero-order chi connectivity index (χ0) is 15.4. The molecule has 0 spiro atoms. The van der Waals surface area contributed by atoms with Crippen LogP contribution in [0.2, 0.25) is 0 Å². The summed E-state index contributed by atoms with van der Waals surface area (Å²) in [5, 5.41) is 3.49. The fraction of sp³-hybridized carbons (Fsp3) is 0.333. The van der Waals surface area contributed by atoms with Crippen molar-refractivity contribution in [3.8, 4) is 0 Å². The molecule has 0 radical (unpaired) electrons. The van der Waals surface area contributed by atoms with Crippen LogP contribution in [0, 0.1) is 19.7 Å². The highest BCUT2D eigenvalue weighted by molar-refractivity contribution is 9.10. The first-order chi connectivity index (χ1) is 10.1. The van der Waals surface area contributed by atoms with Gasteiger partial charge < -0.3 is 5.32 Å². The van der Waals surface area contributed by atoms with E-state index in [0.717, 1.165) is 13.0 Å². The van der Waals surface area contributed by atoms with Crippen LogP contribution in [0.4, 0.5) is 4.39 Å². The maximum Gasteiger partial charge on any atom is 0.142 e. The smallest absolute Gasteiger partial charge is 0.142 e. The van der Waals surface area contributed by atoms with E-state index in [0.29, 0.717) is 10.0 Å². The lowest BCUT2D eigenvalue weighted by atomic mass is 9.91. The van der Waals surface area contributed by atoms with Gasteiger partial charge in [-0.1, -0.05) is 37.3 Å². The Labute approximate surface area is 134 Å². The van der Waals surface area contributed by atoms with Gasteiger partial charge in [0.2, 0.25) is 0 Å². The van der Waals surface area contributed by atoms with Crippen molar-refractivity contribution >= 4 is 15.9 Å². The van der Waals surface area contributed by atoms with E-state index in [2.05, 4.69) is 54.2 Å². The number of aryl methyl sites for hydroxylation is 2. The van der Waals surface area contributed by atoms with E-state index in [9.17, 15) is 4.39 Å². The standard InChI is InChI=1S/C18H21BrFN/c1-4-11-21-18(14-9-6-10-15(19)17(14)20)16-12(2)7-5-8-13(16)3/h5-10,18,21H,4,11H2,1-3H3. The Kier molecular flexibility index (Phi) is 5.54. The Bertz CT molecular complexity index is 604. The van der Waals surface area contributed by atoms with Gasteiger partial charge in [-0.2, -0.15) is 0 Å². The monoisotopic (exact) mass is 349 g/mol. The maximum atomic E-state index is 14.5. The lowest BCUT2D eigenvalue weighted by molar-refractivity contribution is 0.541. The van der Waals surface area contributed by atoms with Gasteiger partial charge in [-0.25, -0.2) is 4.39 Å². The summed E-state index contributed by atoms with van der Waals surface area (Å²) in [5.74, 6) is -0.186. The maximum absolute atomic E-state index is 14.5. The lowest BCUT2D eigenvalue weighted by Gasteiger charge is -2.24. The predicted molar refractivity (Wildman–Crippen MR) is 90.2 cm³/mol. The minimum Gasteiger partial charge on any atom is -0.306 e. The van der Waals surface area contributed by atoms with Gasteiger partial charge in [0, 0.05) is 5.56 Å². The molecule has 1 atom stereocenters. The summed E-state index contributed by atoms with van der Waals surface area (Å²) >= 11 is 3.29. The summed E-state index contributed by atoms with van der Waals surface area (Å²) in [4.78, 5) is 0. The van der Waals surface area contributed by atoms with Gasteiger partial charge in [0.05, 0.1) is 10.5 Å². The summed E-state index contributed by atoms with van der Waals surface area (Å²) in [6, 6.07) is 11.6. The molecule has 0 heterocycles. The molecule has 0 saturated heterocycles. The Hall–Kier alpha value is -1.19. The number of nitrogens with one attached hydrogen (secondary N) is 1. The number of hydrogen-bond acceptors (Lipinski definition) is 1. The highest BCUT2D eigenvalue weighted by Gasteiger charge is 2.21. The van der Waals surface area contributed by atoms with Crippen LogP contribution in [0.3, 0.4) is 0 Å². The second kappa shape index (κ2) is 7.19. The molecule has 0 aromatic heterocycles. The van der Waals surface area contributed by atoms with Crippen molar-refractivity contribution in [2.24, 2.45) is 0 Å². The van der Waals surface area contributed by atoms with Crippen LogP contribution in [0.1, 0.15) is 41.6 Å². The van der Waals surface area contributed by atoms with Gasteiger partial charge in [-0.3, -0.25) is 0 Å². The Morgan fingerprint density at radius 2 is 1.71 bits per heavy atom. The fourth-order valence-electron chi connectivity index (χ4n) is 2.68. The van der Waals surface area contributed by atoms with Gasteiger partial charge >= 0.3 is 0 Å². The minimum atomic E-state index is -0.186. The molecular formula is C18H21BrFN. The van der Waals surface area contributed by atoms with E-state index in [4.69, 9.17) is 0 Å². The van der Waals surface area contributed by atoms with Gasteiger partial charge in [0.25, 0.3) is 0 Å². The highest BCUT2D eigenvalue weighted by atomic mass is 79.9. The molecule has 112 valence electrons. The Morgan fingerprint density at radius 3 is 2.33 bits per heavy atom. The van der Waals surface area contributed by atoms with Crippen molar-refractivity contribution in [2.75, 3.05) is 6.54 Å². The topological polar surface area (TPSA) is 12.0 Å². The quantitative estimate of drug-likeness (QED) is 0.772. The number of rotatable bonds is 5. The molecule has 0 aliphatic rings. The third-order valence-electron chi connectivity index (χ3n) is 3.72. The fourth-order valence-corrected chi connectivity index (χ4v) is 3.06. The van der Waals surface area contributed by atoms with E-state index >= 15 is 0 Å². The summed E-state index contributed by atoms with van der Waals surface area (Å²) in [6.07, 6.45) is 1.01. The van der Waals surface area contributed by atoms with Gasteiger partial charge in [0.1, 0.15) is 5.82 Å². The SMILES string of the molecule is CCCNC(c1cccc(Br)c1F)c1c(C)cccc1C. The van der Waals surface area contributed by atoms with Crippen LogP contribution in [0.25, 0.3) is 0 Å². The molecule has 21 heavy (non-hydrogen) atoms. The van der Waals surface area contributed by atoms with Gasteiger partial charge in [-0.05, 0) is 65.5 Å². The second-order valence-electron chi connectivity index (χ2n) is 5.34. The first kappa shape index (κ1) is 16.2. The zero-order valence-electron chi connectivity index (χ0n) is 12.7. The van der Waals surface area contributed by atoms with Crippen LogP contribution in [-0.2, 0) is 0 Å². The minimum absolute atomic E-state index is 0.122. The normalized spacial score (nSPS) is 12.4. The molecule has 0 fully saturated rings. The predicted octanol–water partition coefficient (Wildman–Crippen LogP) is 5.29. The van der Waals surface area contributed by atoms with Crippen molar-refractivity contribution in [1.29, 1.82) is 0 Å². The molecule has 1 unspecified atom stereocenters. The van der Waals surface area contributed by atoms with Crippen molar-refractivity contribution in [3.63, 3.8) is 0 Å². The second-order valence-corrected chi connectivity index (χ2v) is 6.19. The largest absolute Gasteiger partial charge is 0.306 e. The molecule has 1 N–H and O–H groups in total. The lowest BCUT2D eigenvalue weighted by Crippen LogP contribution is -2.25. The van der Waals surface area contributed by atoms with E-state index in [1.165, 1.54) is 16.7 Å². The van der Waals surface area contributed by atoms with Crippen LogP contribution < -0.4 is 5.32 Å². The molecule has 0 aliphatic heterocycles. The molecule has 0 bridgehead atoms. The van der Waals surface area contributed by atoms with Crippen LogP contribution in [0.5, 0.6) is 0 Å². The average molecular weight is 350 g/mol. The van der Waals surface area contributed by atoms with Gasteiger partial charge in [0.15, 0.2) is 0 Å². The Morgan fingerprint density at radius 1 is 1.10 bits per heavy atom. The third-order valence-corrected chi connectivity index (χ3v) is 4.33. The molecule has 0 amide bonds. The van der Waals surface area contributed by atoms with E-state index in [1.807, 2.05) is 18.2 Å². The zero-order valence-corrected chi connectivity index (χ0v) is 14.3. The molecule has 0 saturated carbocycles. The van der Waals surface area contributed by atoms with Crippen LogP contribution in [-0.4, -0.2) is 6.54 Å². The van der Waals surface area contributed by atoms with Crippen molar-refractivity contribution in [2.45, 2.75) is 33.2 Å². The average Bonchev–Trinajstić information content (AvgIpc) is 2.45. The molecule has 3 heteroatoms. The summed E-state index contributed by atoms with van der Waals surface area (Å²) in [5.41, 5.74) is 4.23. The van der Waals surface area contributed by atoms with Crippen LogP contribution in [0.15, 0.2) is 40.9 Å². The van der Waals surface area contributed by atoms with Crippen molar-refractivity contribution in [3.05, 3.63) is 68.9 Å². The first-order valence-corrected chi connectivity index (χ1v) is 8.09. The van der Waals surface area contributed by atoms with E-state index in [1.54, 1.807) is 6.07 Å². The highest BCUT2D eigenvalue weighted by Crippen LogP contribution is 2.31. The van der Waals surface area contributed by atoms with Crippen molar-refractivity contribution < 1.29 is 4.39 Å². The molecular weight excluding hydrogens is 329 g/mol. The summed E-state index contributed by atoms with van der Waals surface area (Å²) < 4.78 is 15.1. The van der Waals surface area contributed by atoms with E-state index in [-0.39, 0.29) is 11.9 Å². The van der Waals surface area contributed by atoms with E-state index < -0.39 is 0 Å². The van der Waals surface area contributed by atoms with Crippen molar-refractivity contribution in [1.82, 2.24) is 5.32 Å². The van der Waals surface area contributed by atoms with Crippen LogP contribution >= 0.6 is 15.9 Å². The summed E-state index contributed by atoms with van der Waals surface area (Å²) in [7, 11) is 0. The van der Waals surface area contributed by atoms with Gasteiger partial charge in [-0.15, -0.1) is 0 Å². The molecule has 1 nitrogen and oxygen atoms in total. The third kappa shape index (κ3) is 3.53. The first-order valence-electron chi connectivity index (χ1n) is 7.29. The molecule has 2 aromatic rings. The summed E-state index contributed by atoms with van der Waals surface area (Å²) in [6.45, 7) is 7.13.